The Morgan fingerprint density at radius 2 is 1.60 bits per heavy atom. The summed E-state index contributed by atoms with van der Waals surface area (Å²) in [5, 5.41) is 20.8. The van der Waals surface area contributed by atoms with Gasteiger partial charge in [0.15, 0.2) is 5.75 Å². The second-order valence-electron chi connectivity index (χ2n) is 8.75. The summed E-state index contributed by atoms with van der Waals surface area (Å²) < 4.78 is 0. The Balaban J connectivity index is 0.000000429. The lowest BCUT2D eigenvalue weighted by atomic mass is 9.88. The quantitative estimate of drug-likeness (QED) is 0.459. The molecule has 0 saturated carbocycles. The smallest absolute Gasteiger partial charge is 0.340 e. The van der Waals surface area contributed by atoms with Crippen LogP contribution in [0.3, 0.4) is 0 Å². The maximum atomic E-state index is 11.9. The van der Waals surface area contributed by atoms with Crippen molar-refractivity contribution in [1.82, 2.24) is 9.88 Å². The number of hydrogen-bond donors (Lipinski definition) is 3. The Morgan fingerprint density at radius 3 is 2.14 bits per heavy atom. The molecule has 0 fully saturated rings. The molecule has 4 rings (SSSR count). The van der Waals surface area contributed by atoms with Crippen LogP contribution in [0.5, 0.6) is 5.75 Å². The summed E-state index contributed by atoms with van der Waals surface area (Å²) in [5.74, 6) is -2.00. The van der Waals surface area contributed by atoms with E-state index in [4.69, 9.17) is 5.73 Å². The standard InChI is InChI=1S/C22H20N2O4.C6H15N/c23-21(26)14-7-5-12(6-8-14)11-17-20(25)18(22(27)28)16-10-9-13-3-1-2-4-15(13)19(16)24-17;1-4-7(5-2)6-3/h5-10,25H,1-4,11H2,(H2,23,26)(H,27,28);4-6H2,1-3H3. The first kappa shape index (κ1) is 26.2. The number of aromatic nitrogens is 1. The molecule has 0 unspecified atom stereocenters. The van der Waals surface area contributed by atoms with Gasteiger partial charge in [0.25, 0.3) is 0 Å². The maximum absolute atomic E-state index is 11.9. The summed E-state index contributed by atoms with van der Waals surface area (Å²) in [6, 6.07) is 10.4. The van der Waals surface area contributed by atoms with Crippen LogP contribution in [-0.4, -0.2) is 51.6 Å². The fourth-order valence-corrected chi connectivity index (χ4v) is 4.59. The van der Waals surface area contributed by atoms with Crippen molar-refractivity contribution in [3.63, 3.8) is 0 Å². The largest absolute Gasteiger partial charge is 0.505 e. The van der Waals surface area contributed by atoms with E-state index in [1.165, 1.54) is 25.2 Å². The van der Waals surface area contributed by atoms with Gasteiger partial charge in [0, 0.05) is 17.4 Å². The molecule has 35 heavy (non-hydrogen) atoms. The van der Waals surface area contributed by atoms with Crippen LogP contribution in [0.2, 0.25) is 0 Å². The number of nitrogens with zero attached hydrogens (tertiary/aromatic N) is 2. The van der Waals surface area contributed by atoms with Gasteiger partial charge < -0.3 is 20.8 Å². The second-order valence-corrected chi connectivity index (χ2v) is 8.75. The van der Waals surface area contributed by atoms with Crippen molar-refractivity contribution < 1.29 is 19.8 Å². The van der Waals surface area contributed by atoms with E-state index in [1.807, 2.05) is 6.07 Å². The fourth-order valence-electron chi connectivity index (χ4n) is 4.59. The van der Waals surface area contributed by atoms with E-state index >= 15 is 0 Å². The van der Waals surface area contributed by atoms with E-state index in [-0.39, 0.29) is 17.7 Å². The first-order chi connectivity index (χ1) is 16.8. The molecule has 7 nitrogen and oxygen atoms in total. The van der Waals surface area contributed by atoms with E-state index < -0.39 is 11.9 Å². The zero-order valence-corrected chi connectivity index (χ0v) is 20.8. The molecule has 1 aromatic heterocycles. The van der Waals surface area contributed by atoms with Crippen LogP contribution < -0.4 is 5.73 Å². The highest BCUT2D eigenvalue weighted by Crippen LogP contribution is 2.35. The zero-order chi connectivity index (χ0) is 25.5. The van der Waals surface area contributed by atoms with Gasteiger partial charge in [-0.2, -0.15) is 0 Å². The zero-order valence-electron chi connectivity index (χ0n) is 20.8. The third-order valence-electron chi connectivity index (χ3n) is 6.69. The number of primary amides is 1. The molecule has 1 aliphatic rings. The number of carboxylic acids is 1. The van der Waals surface area contributed by atoms with Crippen LogP contribution in [-0.2, 0) is 19.3 Å². The monoisotopic (exact) mass is 477 g/mol. The number of benzene rings is 2. The third-order valence-corrected chi connectivity index (χ3v) is 6.69. The van der Waals surface area contributed by atoms with Gasteiger partial charge in [-0.1, -0.05) is 45.0 Å². The number of aromatic hydroxyl groups is 1. The molecule has 0 atom stereocenters. The number of pyridine rings is 1. The van der Waals surface area contributed by atoms with Crippen LogP contribution in [0.1, 0.15) is 76.7 Å². The molecule has 1 amide bonds. The van der Waals surface area contributed by atoms with Crippen LogP contribution in [0.4, 0.5) is 0 Å². The number of nitrogens with two attached hydrogens (primary N) is 1. The molecule has 0 saturated heterocycles. The average molecular weight is 478 g/mol. The summed E-state index contributed by atoms with van der Waals surface area (Å²) in [7, 11) is 0. The molecular formula is C28H35N3O4. The number of rotatable bonds is 7. The van der Waals surface area contributed by atoms with Gasteiger partial charge in [0.2, 0.25) is 5.91 Å². The first-order valence-corrected chi connectivity index (χ1v) is 12.3. The Kier molecular flexibility index (Phi) is 8.82. The molecule has 2 aromatic carbocycles. The minimum absolute atomic E-state index is 0.109. The van der Waals surface area contributed by atoms with Crippen LogP contribution in [0, 0.1) is 0 Å². The molecule has 186 valence electrons. The van der Waals surface area contributed by atoms with Crippen molar-refractivity contribution in [3.8, 4) is 5.75 Å². The van der Waals surface area contributed by atoms with Gasteiger partial charge in [-0.3, -0.25) is 4.79 Å². The number of hydrogen-bond acceptors (Lipinski definition) is 5. The van der Waals surface area contributed by atoms with Gasteiger partial charge in [-0.25, -0.2) is 9.78 Å². The molecule has 1 aliphatic carbocycles. The van der Waals surface area contributed by atoms with Crippen molar-refractivity contribution in [2.24, 2.45) is 5.73 Å². The van der Waals surface area contributed by atoms with Gasteiger partial charge in [0.1, 0.15) is 5.56 Å². The fraction of sp³-hybridized carbons (Fsp3) is 0.393. The molecular weight excluding hydrogens is 442 g/mol. The number of carboxylic acid groups (broad SMARTS) is 1. The minimum atomic E-state index is -1.18. The topological polar surface area (TPSA) is 117 Å². The predicted octanol–water partition coefficient (Wildman–Crippen LogP) is 4.56. The van der Waals surface area contributed by atoms with E-state index in [0.29, 0.717) is 22.2 Å². The van der Waals surface area contributed by atoms with Crippen molar-refractivity contribution in [2.45, 2.75) is 52.9 Å². The molecule has 1 heterocycles. The lowest BCUT2D eigenvalue weighted by Crippen LogP contribution is -2.21. The molecule has 0 spiro atoms. The Bertz CT molecular complexity index is 1200. The van der Waals surface area contributed by atoms with Crippen molar-refractivity contribution in [3.05, 3.63) is 69.9 Å². The van der Waals surface area contributed by atoms with E-state index in [1.54, 1.807) is 30.3 Å². The Labute approximate surface area is 206 Å². The maximum Gasteiger partial charge on any atom is 0.340 e. The summed E-state index contributed by atoms with van der Waals surface area (Å²) in [6.45, 7) is 10.1. The molecule has 4 N–H and O–H groups in total. The molecule has 0 bridgehead atoms. The van der Waals surface area contributed by atoms with Crippen molar-refractivity contribution in [1.29, 1.82) is 0 Å². The van der Waals surface area contributed by atoms with Gasteiger partial charge in [-0.15, -0.1) is 0 Å². The Morgan fingerprint density at radius 1 is 0.971 bits per heavy atom. The number of fused-ring (bicyclic) bond motifs is 3. The van der Waals surface area contributed by atoms with E-state index in [0.717, 1.165) is 36.8 Å². The first-order valence-electron chi connectivity index (χ1n) is 12.3. The predicted molar refractivity (Wildman–Crippen MR) is 138 cm³/mol. The number of amides is 1. The minimum Gasteiger partial charge on any atom is -0.505 e. The third kappa shape index (κ3) is 5.98. The average Bonchev–Trinajstić information content (AvgIpc) is 2.86. The SMILES string of the molecule is CCN(CC)CC.NC(=O)c1ccc(Cc2nc3c4c(ccc3c(C(=O)O)c2O)CCCC4)cc1. The summed E-state index contributed by atoms with van der Waals surface area (Å²) >= 11 is 0. The molecule has 0 aliphatic heterocycles. The number of carbonyl (C=O) groups is 2. The highest BCUT2D eigenvalue weighted by atomic mass is 16.4. The van der Waals surface area contributed by atoms with Gasteiger partial charge in [-0.05, 0) is 74.1 Å². The lowest BCUT2D eigenvalue weighted by Gasteiger charge is -2.19. The highest BCUT2D eigenvalue weighted by Gasteiger charge is 2.23. The van der Waals surface area contributed by atoms with Gasteiger partial charge >= 0.3 is 5.97 Å². The normalized spacial score (nSPS) is 12.7. The summed E-state index contributed by atoms with van der Waals surface area (Å²) in [6.07, 6.45) is 4.23. The van der Waals surface area contributed by atoms with Crippen LogP contribution in [0.15, 0.2) is 36.4 Å². The second kappa shape index (κ2) is 11.8. The Hall–Kier alpha value is -3.45. The van der Waals surface area contributed by atoms with Crippen molar-refractivity contribution in [2.75, 3.05) is 19.6 Å². The molecule has 7 heteroatoms. The number of carbonyl (C=O) groups excluding carboxylic acids is 1. The summed E-state index contributed by atoms with van der Waals surface area (Å²) in [5.41, 5.74) is 9.60. The highest BCUT2D eigenvalue weighted by molar-refractivity contribution is 6.06. The van der Waals surface area contributed by atoms with Crippen LogP contribution in [0.25, 0.3) is 10.9 Å². The lowest BCUT2D eigenvalue weighted by molar-refractivity contribution is 0.0695. The van der Waals surface area contributed by atoms with Gasteiger partial charge in [0.05, 0.1) is 11.2 Å². The number of aromatic carboxylic acids is 1. The number of aryl methyl sites for hydroxylation is 2. The molecule has 3 aromatic rings. The summed E-state index contributed by atoms with van der Waals surface area (Å²) in [4.78, 5) is 30.2. The molecule has 0 radical (unpaired) electrons. The van der Waals surface area contributed by atoms with Crippen molar-refractivity contribution >= 4 is 22.8 Å². The van der Waals surface area contributed by atoms with E-state index in [2.05, 4.69) is 30.7 Å². The van der Waals surface area contributed by atoms with Crippen LogP contribution >= 0.6 is 0 Å². The van der Waals surface area contributed by atoms with E-state index in [9.17, 15) is 19.8 Å².